The minimum atomic E-state index is -0.219. The molecule has 0 radical (unpaired) electrons. The van der Waals surface area contributed by atoms with E-state index in [2.05, 4.69) is 5.32 Å². The van der Waals surface area contributed by atoms with E-state index in [0.29, 0.717) is 36.4 Å². The average molecular weight is 372 g/mol. The first-order valence-corrected chi connectivity index (χ1v) is 9.07. The molecule has 0 aromatic heterocycles. The molecule has 1 saturated heterocycles. The lowest BCUT2D eigenvalue weighted by atomic mass is 9.85. The number of imide groups is 1. The van der Waals surface area contributed by atoms with Crippen LogP contribution in [0.2, 0.25) is 0 Å². The van der Waals surface area contributed by atoms with Gasteiger partial charge in [-0.2, -0.15) is 0 Å². The first-order valence-electron chi connectivity index (χ1n) is 9.07. The van der Waals surface area contributed by atoms with Gasteiger partial charge in [0.15, 0.2) is 11.5 Å². The molecule has 1 aliphatic carbocycles. The summed E-state index contributed by atoms with van der Waals surface area (Å²) in [5.41, 5.74) is 0.600. The maximum atomic E-state index is 12.4. The molecule has 3 rings (SSSR count). The summed E-state index contributed by atoms with van der Waals surface area (Å²) in [6.45, 7) is 0.282. The second kappa shape index (κ2) is 8.24. The van der Waals surface area contributed by atoms with Gasteiger partial charge in [0, 0.05) is 24.7 Å². The number of fused-ring (bicyclic) bond motifs is 1. The molecule has 0 spiro atoms. The van der Waals surface area contributed by atoms with Crippen LogP contribution >= 0.6 is 0 Å². The van der Waals surface area contributed by atoms with Crippen molar-refractivity contribution in [2.24, 2.45) is 11.8 Å². The summed E-state index contributed by atoms with van der Waals surface area (Å²) in [4.78, 5) is 38.3. The Kier molecular flexibility index (Phi) is 5.78. The topological polar surface area (TPSA) is 84.9 Å². The van der Waals surface area contributed by atoms with E-state index in [9.17, 15) is 14.4 Å². The Bertz CT molecular complexity index is 748. The van der Waals surface area contributed by atoms with Crippen molar-refractivity contribution in [3.05, 3.63) is 30.4 Å². The van der Waals surface area contributed by atoms with Crippen LogP contribution in [-0.4, -0.2) is 43.4 Å². The van der Waals surface area contributed by atoms with E-state index in [1.807, 2.05) is 12.2 Å². The Hall–Kier alpha value is -2.83. The number of amides is 3. The van der Waals surface area contributed by atoms with E-state index in [1.54, 1.807) is 25.3 Å². The second-order valence-electron chi connectivity index (χ2n) is 6.71. The highest BCUT2D eigenvalue weighted by Crippen LogP contribution is 2.35. The van der Waals surface area contributed by atoms with Gasteiger partial charge < -0.3 is 14.8 Å². The molecule has 0 unspecified atom stereocenters. The molecule has 1 aliphatic heterocycles. The van der Waals surface area contributed by atoms with E-state index in [4.69, 9.17) is 9.47 Å². The molecule has 0 bridgehead atoms. The first-order chi connectivity index (χ1) is 13.0. The van der Waals surface area contributed by atoms with Gasteiger partial charge in [0.1, 0.15) is 0 Å². The molecule has 3 amide bonds. The molecule has 1 aromatic carbocycles. The number of nitrogens with one attached hydrogen (secondary N) is 1. The maximum absolute atomic E-state index is 12.4. The zero-order chi connectivity index (χ0) is 19.4. The fraction of sp³-hybridized carbons (Fsp3) is 0.450. The van der Waals surface area contributed by atoms with Crippen molar-refractivity contribution >= 4 is 23.4 Å². The molecular weight excluding hydrogens is 348 g/mol. The normalized spacial score (nSPS) is 21.2. The van der Waals surface area contributed by atoms with Crippen LogP contribution in [0.3, 0.4) is 0 Å². The van der Waals surface area contributed by atoms with Gasteiger partial charge >= 0.3 is 0 Å². The number of hydrogen-bond acceptors (Lipinski definition) is 5. The number of rotatable bonds is 7. The lowest BCUT2D eigenvalue weighted by molar-refractivity contribution is -0.140. The van der Waals surface area contributed by atoms with Gasteiger partial charge in [-0.3, -0.25) is 19.3 Å². The van der Waals surface area contributed by atoms with Crippen molar-refractivity contribution in [3.8, 4) is 11.5 Å². The van der Waals surface area contributed by atoms with Crippen LogP contribution < -0.4 is 14.8 Å². The van der Waals surface area contributed by atoms with Crippen LogP contribution in [0.25, 0.3) is 0 Å². The monoisotopic (exact) mass is 372 g/mol. The number of methoxy groups -OCH3 is 2. The predicted molar refractivity (Wildman–Crippen MR) is 99.5 cm³/mol. The summed E-state index contributed by atoms with van der Waals surface area (Å²) in [5, 5.41) is 2.79. The van der Waals surface area contributed by atoms with Gasteiger partial charge in [0.25, 0.3) is 0 Å². The summed E-state index contributed by atoms with van der Waals surface area (Å²) in [6, 6.07) is 5.12. The van der Waals surface area contributed by atoms with Crippen LogP contribution in [0, 0.1) is 11.8 Å². The van der Waals surface area contributed by atoms with Crippen molar-refractivity contribution in [1.29, 1.82) is 0 Å². The summed E-state index contributed by atoms with van der Waals surface area (Å²) in [7, 11) is 3.07. The third kappa shape index (κ3) is 3.97. The molecule has 1 heterocycles. The minimum absolute atomic E-state index is 0.102. The number of carbonyl (C=O) groups is 3. The van der Waals surface area contributed by atoms with E-state index in [1.165, 1.54) is 12.0 Å². The Morgan fingerprint density at radius 3 is 2.30 bits per heavy atom. The van der Waals surface area contributed by atoms with E-state index in [0.717, 1.165) is 0 Å². The van der Waals surface area contributed by atoms with Crippen molar-refractivity contribution < 1.29 is 23.9 Å². The Balaban J connectivity index is 1.50. The Morgan fingerprint density at radius 2 is 1.70 bits per heavy atom. The van der Waals surface area contributed by atoms with Gasteiger partial charge in [-0.25, -0.2) is 0 Å². The molecule has 1 fully saturated rings. The van der Waals surface area contributed by atoms with E-state index < -0.39 is 0 Å². The quantitative estimate of drug-likeness (QED) is 0.587. The lowest BCUT2D eigenvalue weighted by Gasteiger charge is -2.14. The van der Waals surface area contributed by atoms with Crippen LogP contribution in [-0.2, 0) is 14.4 Å². The number of allylic oxidation sites excluding steroid dienone is 2. The Labute approximate surface area is 158 Å². The summed E-state index contributed by atoms with van der Waals surface area (Å²) >= 11 is 0. The second-order valence-corrected chi connectivity index (χ2v) is 6.71. The standard InChI is InChI=1S/C20H24N2O5/c1-26-16-10-9-13(12-17(16)27-2)21-18(23)8-5-11-22-19(24)14-6-3-4-7-15(14)20(22)25/h3-4,9-10,12,14-15H,5-8,11H2,1-2H3,(H,21,23)/t14-,15+. The van der Waals surface area contributed by atoms with E-state index in [-0.39, 0.29) is 42.5 Å². The van der Waals surface area contributed by atoms with Gasteiger partial charge in [-0.05, 0) is 31.4 Å². The van der Waals surface area contributed by atoms with Crippen LogP contribution in [0.1, 0.15) is 25.7 Å². The van der Waals surface area contributed by atoms with Gasteiger partial charge in [-0.1, -0.05) is 12.2 Å². The van der Waals surface area contributed by atoms with Crippen molar-refractivity contribution in [3.63, 3.8) is 0 Å². The molecule has 1 N–H and O–H groups in total. The number of likely N-dealkylation sites (tertiary alicyclic amines) is 1. The average Bonchev–Trinajstić information content (AvgIpc) is 2.93. The molecular formula is C20H24N2O5. The smallest absolute Gasteiger partial charge is 0.233 e. The zero-order valence-electron chi connectivity index (χ0n) is 15.6. The molecule has 7 heteroatoms. The van der Waals surface area contributed by atoms with Crippen molar-refractivity contribution in [2.75, 3.05) is 26.1 Å². The largest absolute Gasteiger partial charge is 0.493 e. The third-order valence-electron chi connectivity index (χ3n) is 5.05. The zero-order valence-corrected chi connectivity index (χ0v) is 15.6. The molecule has 144 valence electrons. The number of carbonyl (C=O) groups excluding carboxylic acids is 3. The molecule has 1 aromatic rings. The van der Waals surface area contributed by atoms with E-state index >= 15 is 0 Å². The molecule has 2 aliphatic rings. The number of benzene rings is 1. The van der Waals surface area contributed by atoms with Gasteiger partial charge in [0.2, 0.25) is 17.7 Å². The van der Waals surface area contributed by atoms with Crippen LogP contribution in [0.4, 0.5) is 5.69 Å². The number of hydrogen-bond donors (Lipinski definition) is 1. The highest BCUT2D eigenvalue weighted by molar-refractivity contribution is 6.05. The maximum Gasteiger partial charge on any atom is 0.233 e. The molecule has 7 nitrogen and oxygen atoms in total. The number of ether oxygens (including phenoxy) is 2. The fourth-order valence-corrected chi connectivity index (χ4v) is 3.62. The predicted octanol–water partition coefficient (Wildman–Crippen LogP) is 2.37. The summed E-state index contributed by atoms with van der Waals surface area (Å²) in [5.74, 6) is 0.285. The SMILES string of the molecule is COc1ccc(NC(=O)CCCN2C(=O)[C@H]3CC=CC[C@H]3C2=O)cc1OC. The van der Waals surface area contributed by atoms with Crippen LogP contribution in [0.5, 0.6) is 11.5 Å². The minimum Gasteiger partial charge on any atom is -0.493 e. The van der Waals surface area contributed by atoms with Crippen LogP contribution in [0.15, 0.2) is 30.4 Å². The first kappa shape index (κ1) is 18.9. The molecule has 0 saturated carbocycles. The van der Waals surface area contributed by atoms with Crippen molar-refractivity contribution in [1.82, 2.24) is 4.90 Å². The lowest BCUT2D eigenvalue weighted by Crippen LogP contribution is -2.32. The highest BCUT2D eigenvalue weighted by Gasteiger charge is 2.46. The van der Waals surface area contributed by atoms with Gasteiger partial charge in [-0.15, -0.1) is 0 Å². The molecule has 2 atom stereocenters. The Morgan fingerprint density at radius 1 is 1.07 bits per heavy atom. The van der Waals surface area contributed by atoms with Crippen molar-refractivity contribution in [2.45, 2.75) is 25.7 Å². The third-order valence-corrected chi connectivity index (χ3v) is 5.05. The fourth-order valence-electron chi connectivity index (χ4n) is 3.62. The number of nitrogens with zero attached hydrogens (tertiary/aromatic N) is 1. The molecule has 27 heavy (non-hydrogen) atoms. The highest BCUT2D eigenvalue weighted by atomic mass is 16.5. The van der Waals surface area contributed by atoms with Gasteiger partial charge in [0.05, 0.1) is 26.1 Å². The number of anilines is 1. The summed E-state index contributed by atoms with van der Waals surface area (Å²) in [6.07, 6.45) is 5.85. The summed E-state index contributed by atoms with van der Waals surface area (Å²) < 4.78 is 10.4.